The second-order valence-corrected chi connectivity index (χ2v) is 5.84. The maximum Gasteiger partial charge on any atom is 0.255 e. The van der Waals surface area contributed by atoms with Gasteiger partial charge in [0.15, 0.2) is 0 Å². The third-order valence-corrected chi connectivity index (χ3v) is 4.25. The van der Waals surface area contributed by atoms with Crippen LogP contribution in [0.25, 0.3) is 16.3 Å². The Morgan fingerprint density at radius 1 is 1.27 bits per heavy atom. The topological polar surface area (TPSA) is 62.2 Å². The Hall–Kier alpha value is -2.50. The lowest BCUT2D eigenvalue weighted by atomic mass is 10.1. The predicted molar refractivity (Wildman–Crippen MR) is 90.0 cm³/mol. The van der Waals surface area contributed by atoms with E-state index in [4.69, 9.17) is 5.11 Å². The number of carbonyl (C=O) groups excluding carboxylic acids is 1. The molecule has 3 rings (SSSR count). The summed E-state index contributed by atoms with van der Waals surface area (Å²) in [6.45, 7) is 3.61. The van der Waals surface area contributed by atoms with Crippen LogP contribution in [0.5, 0.6) is 0 Å². The zero-order valence-electron chi connectivity index (χ0n) is 11.7. The number of fused-ring (bicyclic) bond motifs is 1. The Labute approximate surface area is 131 Å². The first-order chi connectivity index (χ1) is 10.7. The van der Waals surface area contributed by atoms with Crippen LogP contribution in [0, 0.1) is 0 Å². The zero-order valence-corrected chi connectivity index (χ0v) is 12.6. The molecule has 0 aliphatic heterocycles. The van der Waals surface area contributed by atoms with Crippen molar-refractivity contribution in [3.05, 3.63) is 65.2 Å². The smallest absolute Gasteiger partial charge is 0.255 e. The minimum atomic E-state index is -0.174. The number of hydrogen-bond acceptors (Lipinski definition) is 4. The molecule has 0 spiro atoms. The molecule has 1 heterocycles. The fourth-order valence-electron chi connectivity index (χ4n) is 2.09. The van der Waals surface area contributed by atoms with Crippen molar-refractivity contribution in [3.8, 4) is 0 Å². The van der Waals surface area contributed by atoms with E-state index in [1.165, 1.54) is 11.3 Å². The lowest BCUT2D eigenvalue weighted by molar-refractivity contribution is 0.102. The highest BCUT2D eigenvalue weighted by molar-refractivity contribution is 7.18. The molecular formula is C17H14N2O2S. The molecule has 5 heteroatoms. The van der Waals surface area contributed by atoms with Crippen LogP contribution < -0.4 is 5.32 Å². The van der Waals surface area contributed by atoms with Gasteiger partial charge >= 0.3 is 0 Å². The number of hydrogen-bond donors (Lipinski definition) is 2. The molecule has 4 nitrogen and oxygen atoms in total. The Balaban J connectivity index is 1.81. The molecule has 3 aromatic rings. The summed E-state index contributed by atoms with van der Waals surface area (Å²) in [5.41, 5.74) is 3.01. The molecule has 1 aromatic heterocycles. The van der Waals surface area contributed by atoms with E-state index in [1.807, 2.05) is 24.3 Å². The molecule has 0 atom stereocenters. The SMILES string of the molecule is C=Cc1ccc(C(=O)Nc2ccc3sc(CO)nc3c2)cc1. The number of amides is 1. The lowest BCUT2D eigenvalue weighted by Crippen LogP contribution is -2.11. The quantitative estimate of drug-likeness (QED) is 0.772. The van der Waals surface area contributed by atoms with Gasteiger partial charge in [-0.3, -0.25) is 4.79 Å². The maximum absolute atomic E-state index is 12.2. The van der Waals surface area contributed by atoms with E-state index in [-0.39, 0.29) is 12.5 Å². The summed E-state index contributed by atoms with van der Waals surface area (Å²) in [5.74, 6) is -0.174. The Kier molecular flexibility index (Phi) is 4.00. The zero-order chi connectivity index (χ0) is 15.5. The summed E-state index contributed by atoms with van der Waals surface area (Å²) in [4.78, 5) is 16.5. The molecule has 0 radical (unpaired) electrons. The first kappa shape index (κ1) is 14.4. The van der Waals surface area contributed by atoms with Crippen molar-refractivity contribution in [1.29, 1.82) is 0 Å². The van der Waals surface area contributed by atoms with E-state index in [9.17, 15) is 4.79 Å². The summed E-state index contributed by atoms with van der Waals surface area (Å²) in [6, 6.07) is 12.7. The van der Waals surface area contributed by atoms with Crippen LogP contribution in [0.15, 0.2) is 49.0 Å². The van der Waals surface area contributed by atoms with Crippen LogP contribution in [0.4, 0.5) is 5.69 Å². The number of aromatic nitrogens is 1. The van der Waals surface area contributed by atoms with Crippen LogP contribution in [-0.4, -0.2) is 16.0 Å². The van der Waals surface area contributed by atoms with Crippen molar-refractivity contribution in [1.82, 2.24) is 4.98 Å². The number of nitrogens with zero attached hydrogens (tertiary/aromatic N) is 1. The molecule has 2 N–H and O–H groups in total. The highest BCUT2D eigenvalue weighted by atomic mass is 32.1. The number of carbonyl (C=O) groups is 1. The third-order valence-electron chi connectivity index (χ3n) is 3.23. The Morgan fingerprint density at radius 3 is 2.73 bits per heavy atom. The van der Waals surface area contributed by atoms with Gasteiger partial charge in [-0.25, -0.2) is 4.98 Å². The molecule has 0 aliphatic carbocycles. The maximum atomic E-state index is 12.2. The average Bonchev–Trinajstić information content (AvgIpc) is 2.97. The number of benzene rings is 2. The normalized spacial score (nSPS) is 10.6. The van der Waals surface area contributed by atoms with Gasteiger partial charge in [-0.1, -0.05) is 24.8 Å². The second kappa shape index (κ2) is 6.09. The Morgan fingerprint density at radius 2 is 2.05 bits per heavy atom. The predicted octanol–water partition coefficient (Wildman–Crippen LogP) is 3.68. The van der Waals surface area contributed by atoms with Crippen LogP contribution in [0.3, 0.4) is 0 Å². The van der Waals surface area contributed by atoms with Gasteiger partial charge in [0.05, 0.1) is 16.8 Å². The number of aliphatic hydroxyl groups is 1. The number of aliphatic hydroxyl groups excluding tert-OH is 1. The number of rotatable bonds is 4. The first-order valence-electron chi connectivity index (χ1n) is 6.74. The molecule has 2 aromatic carbocycles. The lowest BCUT2D eigenvalue weighted by Gasteiger charge is -2.05. The average molecular weight is 310 g/mol. The van der Waals surface area contributed by atoms with E-state index < -0.39 is 0 Å². The van der Waals surface area contributed by atoms with Gasteiger partial charge in [0, 0.05) is 11.3 Å². The summed E-state index contributed by atoms with van der Waals surface area (Å²) >= 11 is 1.44. The second-order valence-electron chi connectivity index (χ2n) is 4.73. The molecule has 0 saturated carbocycles. The van der Waals surface area contributed by atoms with Crippen molar-refractivity contribution in [3.63, 3.8) is 0 Å². The summed E-state index contributed by atoms with van der Waals surface area (Å²) < 4.78 is 0.984. The largest absolute Gasteiger partial charge is 0.389 e. The number of thiazole rings is 1. The van der Waals surface area contributed by atoms with Gasteiger partial charge in [-0.2, -0.15) is 0 Å². The van der Waals surface area contributed by atoms with Crippen molar-refractivity contribution >= 4 is 39.2 Å². The van der Waals surface area contributed by atoms with Crippen LogP contribution in [-0.2, 0) is 6.61 Å². The molecule has 1 amide bonds. The van der Waals surface area contributed by atoms with Gasteiger partial charge in [-0.05, 0) is 35.9 Å². The van der Waals surface area contributed by atoms with E-state index in [1.54, 1.807) is 24.3 Å². The van der Waals surface area contributed by atoms with Crippen LogP contribution in [0.2, 0.25) is 0 Å². The molecule has 110 valence electrons. The first-order valence-corrected chi connectivity index (χ1v) is 7.55. The van der Waals surface area contributed by atoms with Gasteiger partial charge in [0.25, 0.3) is 5.91 Å². The molecule has 0 fully saturated rings. The summed E-state index contributed by atoms with van der Waals surface area (Å²) in [7, 11) is 0. The van der Waals surface area contributed by atoms with Crippen molar-refractivity contribution in [2.24, 2.45) is 0 Å². The number of nitrogens with one attached hydrogen (secondary N) is 1. The van der Waals surface area contributed by atoms with Gasteiger partial charge in [-0.15, -0.1) is 11.3 Å². The fraction of sp³-hybridized carbons (Fsp3) is 0.0588. The molecule has 22 heavy (non-hydrogen) atoms. The van der Waals surface area contributed by atoms with Crippen molar-refractivity contribution in [2.75, 3.05) is 5.32 Å². The van der Waals surface area contributed by atoms with Gasteiger partial charge < -0.3 is 10.4 Å². The highest BCUT2D eigenvalue weighted by Crippen LogP contribution is 2.25. The minimum absolute atomic E-state index is 0.0727. The Bertz CT molecular complexity index is 837. The van der Waals surface area contributed by atoms with Crippen LogP contribution in [0.1, 0.15) is 20.9 Å². The van der Waals surface area contributed by atoms with Gasteiger partial charge in [0.2, 0.25) is 0 Å². The molecule has 0 aliphatic rings. The molecule has 0 saturated heterocycles. The van der Waals surface area contributed by atoms with E-state index in [0.29, 0.717) is 16.3 Å². The third kappa shape index (κ3) is 2.90. The van der Waals surface area contributed by atoms with Gasteiger partial charge in [0.1, 0.15) is 5.01 Å². The fourth-order valence-corrected chi connectivity index (χ4v) is 2.90. The summed E-state index contributed by atoms with van der Waals surface area (Å²) in [5, 5.41) is 12.6. The van der Waals surface area contributed by atoms with E-state index >= 15 is 0 Å². The van der Waals surface area contributed by atoms with Crippen LogP contribution >= 0.6 is 11.3 Å². The number of anilines is 1. The minimum Gasteiger partial charge on any atom is -0.389 e. The standard InChI is InChI=1S/C17H14N2O2S/c1-2-11-3-5-12(6-4-11)17(21)18-13-7-8-15-14(9-13)19-16(10-20)22-15/h2-9,20H,1,10H2,(H,18,21). The molecule has 0 bridgehead atoms. The van der Waals surface area contributed by atoms with E-state index in [2.05, 4.69) is 16.9 Å². The highest BCUT2D eigenvalue weighted by Gasteiger charge is 2.08. The van der Waals surface area contributed by atoms with E-state index in [0.717, 1.165) is 15.8 Å². The monoisotopic (exact) mass is 310 g/mol. The molecular weight excluding hydrogens is 296 g/mol. The molecule has 0 unspecified atom stereocenters. The summed E-state index contributed by atoms with van der Waals surface area (Å²) in [6.07, 6.45) is 1.73. The van der Waals surface area contributed by atoms with Crippen molar-refractivity contribution < 1.29 is 9.90 Å². The van der Waals surface area contributed by atoms with Crippen molar-refractivity contribution in [2.45, 2.75) is 6.61 Å².